The van der Waals surface area contributed by atoms with Gasteiger partial charge in [0, 0.05) is 17.8 Å². The first-order valence-corrected chi connectivity index (χ1v) is 5.93. The second-order valence-electron chi connectivity index (χ2n) is 4.20. The van der Waals surface area contributed by atoms with Crippen molar-refractivity contribution in [2.45, 2.75) is 32.8 Å². The monoisotopic (exact) mass is 255 g/mol. The van der Waals surface area contributed by atoms with Crippen LogP contribution in [-0.4, -0.2) is 18.6 Å². The van der Waals surface area contributed by atoms with Crippen molar-refractivity contribution in [3.8, 4) is 0 Å². The van der Waals surface area contributed by atoms with E-state index in [1.807, 2.05) is 19.9 Å². The fourth-order valence-corrected chi connectivity index (χ4v) is 1.65. The van der Waals surface area contributed by atoms with E-state index in [9.17, 15) is 4.79 Å². The summed E-state index contributed by atoms with van der Waals surface area (Å²) in [5.74, 6) is -0.145. The number of ether oxygens (including phenoxy) is 1. The standard InChI is InChI=1S/C13H18ClNO2/c1-5-13(3,17-4)12(16)15-11-7-6-10(14)8-9(11)2/h6-8H,5H2,1-4H3,(H,15,16). The van der Waals surface area contributed by atoms with Gasteiger partial charge in [-0.1, -0.05) is 18.5 Å². The van der Waals surface area contributed by atoms with Crippen molar-refractivity contribution in [2.75, 3.05) is 12.4 Å². The second kappa shape index (κ2) is 5.52. The molecule has 0 fully saturated rings. The van der Waals surface area contributed by atoms with Crippen LogP contribution in [0.25, 0.3) is 0 Å². The predicted octanol–water partition coefficient (Wildman–Crippen LogP) is 3.40. The van der Waals surface area contributed by atoms with E-state index < -0.39 is 5.60 Å². The molecule has 0 saturated carbocycles. The van der Waals surface area contributed by atoms with Gasteiger partial charge in [0.1, 0.15) is 5.60 Å². The highest BCUT2D eigenvalue weighted by atomic mass is 35.5. The molecular weight excluding hydrogens is 238 g/mol. The van der Waals surface area contributed by atoms with E-state index in [0.29, 0.717) is 11.4 Å². The molecule has 4 heteroatoms. The Kier molecular flexibility index (Phi) is 4.54. The quantitative estimate of drug-likeness (QED) is 0.896. The molecule has 94 valence electrons. The van der Waals surface area contributed by atoms with Gasteiger partial charge in [-0.3, -0.25) is 4.79 Å². The van der Waals surface area contributed by atoms with Gasteiger partial charge in [-0.05, 0) is 44.0 Å². The molecule has 1 amide bonds. The van der Waals surface area contributed by atoms with Crippen LogP contribution >= 0.6 is 11.6 Å². The summed E-state index contributed by atoms with van der Waals surface area (Å²) in [7, 11) is 1.54. The Labute approximate surface area is 107 Å². The van der Waals surface area contributed by atoms with Gasteiger partial charge in [0.05, 0.1) is 0 Å². The Balaban J connectivity index is 2.88. The number of methoxy groups -OCH3 is 1. The van der Waals surface area contributed by atoms with Gasteiger partial charge in [-0.15, -0.1) is 0 Å². The molecule has 0 aliphatic heterocycles. The molecule has 17 heavy (non-hydrogen) atoms. The number of benzene rings is 1. The molecule has 0 aromatic heterocycles. The molecule has 0 aliphatic rings. The molecule has 0 spiro atoms. The number of halogens is 1. The normalized spacial score (nSPS) is 14.2. The third-order valence-corrected chi connectivity index (χ3v) is 3.28. The van der Waals surface area contributed by atoms with Gasteiger partial charge in [0.2, 0.25) is 0 Å². The highest BCUT2D eigenvalue weighted by Crippen LogP contribution is 2.22. The topological polar surface area (TPSA) is 38.3 Å². The minimum Gasteiger partial charge on any atom is -0.369 e. The maximum Gasteiger partial charge on any atom is 0.256 e. The zero-order valence-electron chi connectivity index (χ0n) is 10.6. The molecule has 0 radical (unpaired) electrons. The van der Waals surface area contributed by atoms with Crippen LogP contribution in [0.15, 0.2) is 18.2 Å². The van der Waals surface area contributed by atoms with Gasteiger partial charge in [0.25, 0.3) is 5.91 Å². The smallest absolute Gasteiger partial charge is 0.256 e. The minimum atomic E-state index is -0.800. The van der Waals surface area contributed by atoms with Crippen molar-refractivity contribution in [1.82, 2.24) is 0 Å². The Morgan fingerprint density at radius 3 is 2.65 bits per heavy atom. The van der Waals surface area contributed by atoms with E-state index in [4.69, 9.17) is 16.3 Å². The van der Waals surface area contributed by atoms with Crippen molar-refractivity contribution in [2.24, 2.45) is 0 Å². The predicted molar refractivity (Wildman–Crippen MR) is 70.5 cm³/mol. The van der Waals surface area contributed by atoms with Gasteiger partial charge in [-0.25, -0.2) is 0 Å². The van der Waals surface area contributed by atoms with Crippen molar-refractivity contribution < 1.29 is 9.53 Å². The van der Waals surface area contributed by atoms with E-state index in [2.05, 4.69) is 5.32 Å². The second-order valence-corrected chi connectivity index (χ2v) is 4.64. The Morgan fingerprint density at radius 1 is 1.53 bits per heavy atom. The molecule has 0 bridgehead atoms. The van der Waals surface area contributed by atoms with Crippen LogP contribution in [0.3, 0.4) is 0 Å². The summed E-state index contributed by atoms with van der Waals surface area (Å²) in [6.45, 7) is 5.59. The van der Waals surface area contributed by atoms with E-state index in [1.54, 1.807) is 19.1 Å². The van der Waals surface area contributed by atoms with Crippen LogP contribution in [0, 0.1) is 6.92 Å². The van der Waals surface area contributed by atoms with E-state index in [-0.39, 0.29) is 5.91 Å². The maximum atomic E-state index is 12.1. The summed E-state index contributed by atoms with van der Waals surface area (Å²) in [5.41, 5.74) is 0.892. The third-order valence-electron chi connectivity index (χ3n) is 3.04. The number of amides is 1. The summed E-state index contributed by atoms with van der Waals surface area (Å²) in [5, 5.41) is 3.52. The lowest BCUT2D eigenvalue weighted by molar-refractivity contribution is -0.136. The molecule has 0 heterocycles. The zero-order chi connectivity index (χ0) is 13.1. The molecule has 1 unspecified atom stereocenters. The van der Waals surface area contributed by atoms with Crippen LogP contribution in [-0.2, 0) is 9.53 Å². The van der Waals surface area contributed by atoms with Gasteiger partial charge < -0.3 is 10.1 Å². The maximum absolute atomic E-state index is 12.1. The van der Waals surface area contributed by atoms with Gasteiger partial charge in [0.15, 0.2) is 0 Å². The number of hydrogen-bond donors (Lipinski definition) is 1. The number of carbonyl (C=O) groups is 1. The Morgan fingerprint density at radius 2 is 2.18 bits per heavy atom. The highest BCUT2D eigenvalue weighted by Gasteiger charge is 2.31. The number of hydrogen-bond acceptors (Lipinski definition) is 2. The van der Waals surface area contributed by atoms with Gasteiger partial charge >= 0.3 is 0 Å². The molecule has 1 aromatic rings. The van der Waals surface area contributed by atoms with Crippen molar-refractivity contribution in [1.29, 1.82) is 0 Å². The van der Waals surface area contributed by atoms with Crippen LogP contribution in [0.4, 0.5) is 5.69 Å². The minimum absolute atomic E-state index is 0.145. The van der Waals surface area contributed by atoms with E-state index >= 15 is 0 Å². The molecule has 0 aliphatic carbocycles. The first kappa shape index (κ1) is 14.0. The molecule has 0 saturated heterocycles. The van der Waals surface area contributed by atoms with Crippen LogP contribution in [0.1, 0.15) is 25.8 Å². The SMILES string of the molecule is CCC(C)(OC)C(=O)Nc1ccc(Cl)cc1C. The highest BCUT2D eigenvalue weighted by molar-refractivity contribution is 6.30. The lowest BCUT2D eigenvalue weighted by atomic mass is 10.0. The first-order chi connectivity index (χ1) is 7.92. The van der Waals surface area contributed by atoms with Crippen molar-refractivity contribution in [3.05, 3.63) is 28.8 Å². The number of aryl methyl sites for hydroxylation is 1. The molecule has 1 N–H and O–H groups in total. The number of anilines is 1. The van der Waals surface area contributed by atoms with Crippen LogP contribution < -0.4 is 5.32 Å². The number of rotatable bonds is 4. The van der Waals surface area contributed by atoms with E-state index in [0.717, 1.165) is 11.3 Å². The lowest BCUT2D eigenvalue weighted by Crippen LogP contribution is -2.41. The average Bonchev–Trinajstić information content (AvgIpc) is 2.31. The zero-order valence-corrected chi connectivity index (χ0v) is 11.4. The van der Waals surface area contributed by atoms with E-state index in [1.165, 1.54) is 7.11 Å². The Hall–Kier alpha value is -1.06. The van der Waals surface area contributed by atoms with Crippen molar-refractivity contribution in [3.63, 3.8) is 0 Å². The molecule has 1 aromatic carbocycles. The molecule has 1 atom stereocenters. The largest absolute Gasteiger partial charge is 0.369 e. The summed E-state index contributed by atoms with van der Waals surface area (Å²) in [6, 6.07) is 5.36. The third kappa shape index (κ3) is 3.20. The lowest BCUT2D eigenvalue weighted by Gasteiger charge is -2.25. The molecule has 3 nitrogen and oxygen atoms in total. The fraction of sp³-hybridized carbons (Fsp3) is 0.462. The van der Waals surface area contributed by atoms with Crippen LogP contribution in [0.5, 0.6) is 0 Å². The Bertz CT molecular complexity index is 414. The summed E-state index contributed by atoms with van der Waals surface area (Å²) >= 11 is 5.86. The fourth-order valence-electron chi connectivity index (χ4n) is 1.42. The summed E-state index contributed by atoms with van der Waals surface area (Å²) in [6.07, 6.45) is 0.613. The van der Waals surface area contributed by atoms with Crippen LogP contribution in [0.2, 0.25) is 5.02 Å². The van der Waals surface area contributed by atoms with Gasteiger partial charge in [-0.2, -0.15) is 0 Å². The number of nitrogens with one attached hydrogen (secondary N) is 1. The molecule has 1 rings (SSSR count). The first-order valence-electron chi connectivity index (χ1n) is 5.55. The molecular formula is C13H18ClNO2. The number of carbonyl (C=O) groups excluding carboxylic acids is 1. The summed E-state index contributed by atoms with van der Waals surface area (Å²) in [4.78, 5) is 12.1. The van der Waals surface area contributed by atoms with Crippen molar-refractivity contribution >= 4 is 23.2 Å². The summed E-state index contributed by atoms with van der Waals surface area (Å²) < 4.78 is 5.25. The average molecular weight is 256 g/mol.